The molecular weight excluding hydrogens is 250 g/mol. The number of hydrogen-bond acceptors (Lipinski definition) is 3. The number of carbonyl (C=O) groups excluding carboxylic acids is 1. The molecule has 0 heterocycles. The molecule has 0 radical (unpaired) electrons. The Balaban J connectivity index is 1.84. The van der Waals surface area contributed by atoms with Crippen molar-refractivity contribution in [3.05, 3.63) is 28.8 Å². The average molecular weight is 264 g/mol. The van der Waals surface area contributed by atoms with Gasteiger partial charge in [0.25, 0.3) is 0 Å². The molecule has 2 N–H and O–H groups in total. The summed E-state index contributed by atoms with van der Waals surface area (Å²) in [4.78, 5) is 11.6. The van der Waals surface area contributed by atoms with Gasteiger partial charge in [-0.3, -0.25) is 4.79 Å². The van der Waals surface area contributed by atoms with Gasteiger partial charge in [0.15, 0.2) is 0 Å². The summed E-state index contributed by atoms with van der Waals surface area (Å²) < 4.78 is 0. The van der Waals surface area contributed by atoms with Gasteiger partial charge < -0.3 is 10.6 Å². The van der Waals surface area contributed by atoms with Crippen molar-refractivity contribution in [3.8, 4) is 6.07 Å². The molecule has 0 atom stereocenters. The number of hydrogen-bond donors (Lipinski definition) is 2. The molecule has 1 aliphatic carbocycles. The summed E-state index contributed by atoms with van der Waals surface area (Å²) in [6, 6.07) is 6.83. The highest BCUT2D eigenvalue weighted by Gasteiger charge is 2.20. The lowest BCUT2D eigenvalue weighted by Crippen LogP contribution is -2.29. The predicted octanol–water partition coefficient (Wildman–Crippen LogP) is 2.15. The van der Waals surface area contributed by atoms with Gasteiger partial charge in [-0.25, -0.2) is 0 Å². The van der Waals surface area contributed by atoms with Crippen LogP contribution in [0.15, 0.2) is 18.2 Å². The standard InChI is InChI=1S/C13H14ClN3O/c14-12-4-3-11(5-10(12)6-15)17-13(18)8-16-7-9-1-2-9/h3-5,9,16H,1-2,7-8H2,(H,17,18). The smallest absolute Gasteiger partial charge is 0.238 e. The van der Waals surface area contributed by atoms with Gasteiger partial charge >= 0.3 is 0 Å². The lowest BCUT2D eigenvalue weighted by atomic mass is 10.2. The number of rotatable bonds is 5. The fourth-order valence-corrected chi connectivity index (χ4v) is 1.77. The second kappa shape index (κ2) is 5.85. The first-order chi connectivity index (χ1) is 8.69. The van der Waals surface area contributed by atoms with E-state index in [4.69, 9.17) is 16.9 Å². The maximum Gasteiger partial charge on any atom is 0.238 e. The van der Waals surface area contributed by atoms with Crippen molar-refractivity contribution >= 4 is 23.2 Å². The van der Waals surface area contributed by atoms with E-state index in [0.717, 1.165) is 12.5 Å². The van der Waals surface area contributed by atoms with E-state index in [2.05, 4.69) is 10.6 Å². The molecule has 5 heteroatoms. The molecule has 1 aromatic rings. The van der Waals surface area contributed by atoms with Crippen LogP contribution >= 0.6 is 11.6 Å². The van der Waals surface area contributed by atoms with Gasteiger partial charge in [-0.2, -0.15) is 5.26 Å². The second-order valence-electron chi connectivity index (χ2n) is 4.43. The minimum absolute atomic E-state index is 0.109. The van der Waals surface area contributed by atoms with E-state index in [1.165, 1.54) is 12.8 Å². The zero-order valence-electron chi connectivity index (χ0n) is 9.87. The van der Waals surface area contributed by atoms with Gasteiger partial charge in [0.05, 0.1) is 17.1 Å². The molecule has 0 spiro atoms. The summed E-state index contributed by atoms with van der Waals surface area (Å²) in [5, 5.41) is 15.0. The van der Waals surface area contributed by atoms with Crippen LogP contribution in [0.4, 0.5) is 5.69 Å². The predicted molar refractivity (Wildman–Crippen MR) is 70.4 cm³/mol. The molecule has 4 nitrogen and oxygen atoms in total. The van der Waals surface area contributed by atoms with E-state index < -0.39 is 0 Å². The lowest BCUT2D eigenvalue weighted by molar-refractivity contribution is -0.115. The maximum absolute atomic E-state index is 11.6. The first kappa shape index (κ1) is 12.9. The Kier molecular flexibility index (Phi) is 4.19. The molecule has 0 aromatic heterocycles. The summed E-state index contributed by atoms with van der Waals surface area (Å²) in [5.41, 5.74) is 0.953. The monoisotopic (exact) mass is 263 g/mol. The summed E-state index contributed by atoms with van der Waals surface area (Å²) in [6.45, 7) is 1.19. The number of nitriles is 1. The molecule has 1 aromatic carbocycles. The minimum Gasteiger partial charge on any atom is -0.325 e. The normalized spacial score (nSPS) is 14.0. The van der Waals surface area contributed by atoms with E-state index in [1.54, 1.807) is 18.2 Å². The van der Waals surface area contributed by atoms with Crippen molar-refractivity contribution in [2.24, 2.45) is 5.92 Å². The number of halogens is 1. The van der Waals surface area contributed by atoms with E-state index >= 15 is 0 Å². The Hall–Kier alpha value is -1.57. The van der Waals surface area contributed by atoms with Gasteiger partial charge in [0.2, 0.25) is 5.91 Å². The molecule has 0 aliphatic heterocycles. The Bertz CT molecular complexity index is 491. The fourth-order valence-electron chi connectivity index (χ4n) is 1.61. The quantitative estimate of drug-likeness (QED) is 0.856. The van der Waals surface area contributed by atoms with Gasteiger partial charge in [0.1, 0.15) is 6.07 Å². The molecule has 1 fully saturated rings. The van der Waals surface area contributed by atoms with Crippen LogP contribution in [0.25, 0.3) is 0 Å². The van der Waals surface area contributed by atoms with Gasteiger partial charge in [-0.15, -0.1) is 0 Å². The van der Waals surface area contributed by atoms with E-state index in [1.807, 2.05) is 6.07 Å². The summed E-state index contributed by atoms with van der Waals surface area (Å²) >= 11 is 5.81. The third-order valence-corrected chi connectivity index (χ3v) is 3.12. The Morgan fingerprint density at radius 1 is 1.50 bits per heavy atom. The molecule has 1 saturated carbocycles. The van der Waals surface area contributed by atoms with Crippen LogP contribution in [0.2, 0.25) is 5.02 Å². The Morgan fingerprint density at radius 3 is 2.94 bits per heavy atom. The van der Waals surface area contributed by atoms with Gasteiger partial charge in [-0.05, 0) is 43.5 Å². The second-order valence-corrected chi connectivity index (χ2v) is 4.84. The molecule has 1 amide bonds. The first-order valence-electron chi connectivity index (χ1n) is 5.89. The molecule has 18 heavy (non-hydrogen) atoms. The fraction of sp³-hybridized carbons (Fsp3) is 0.385. The first-order valence-corrected chi connectivity index (χ1v) is 6.27. The van der Waals surface area contributed by atoms with Crippen LogP contribution < -0.4 is 10.6 Å². The van der Waals surface area contributed by atoms with Gasteiger partial charge in [0, 0.05) is 5.69 Å². The van der Waals surface area contributed by atoms with E-state index in [-0.39, 0.29) is 5.91 Å². The largest absolute Gasteiger partial charge is 0.325 e. The number of anilines is 1. The van der Waals surface area contributed by atoms with Crippen LogP contribution in [0.3, 0.4) is 0 Å². The number of carbonyl (C=O) groups is 1. The molecule has 94 valence electrons. The highest BCUT2D eigenvalue weighted by atomic mass is 35.5. The van der Waals surface area contributed by atoms with Crippen LogP contribution in [0, 0.1) is 17.2 Å². The topological polar surface area (TPSA) is 64.9 Å². The molecule has 0 saturated heterocycles. The van der Waals surface area contributed by atoms with Crippen LogP contribution in [-0.2, 0) is 4.79 Å². The minimum atomic E-state index is -0.109. The van der Waals surface area contributed by atoms with Crippen molar-refractivity contribution in [1.29, 1.82) is 5.26 Å². The maximum atomic E-state index is 11.6. The summed E-state index contributed by atoms with van der Waals surface area (Å²) in [6.07, 6.45) is 2.52. The summed E-state index contributed by atoms with van der Waals surface area (Å²) in [7, 11) is 0. The van der Waals surface area contributed by atoms with Crippen molar-refractivity contribution in [3.63, 3.8) is 0 Å². The SMILES string of the molecule is N#Cc1cc(NC(=O)CNCC2CC2)ccc1Cl. The summed E-state index contributed by atoms with van der Waals surface area (Å²) in [5.74, 6) is 0.639. The molecule has 0 bridgehead atoms. The van der Waals surface area contributed by atoms with Crippen molar-refractivity contribution < 1.29 is 4.79 Å². The number of nitrogens with zero attached hydrogens (tertiary/aromatic N) is 1. The van der Waals surface area contributed by atoms with Crippen LogP contribution in [-0.4, -0.2) is 19.0 Å². The zero-order chi connectivity index (χ0) is 13.0. The average Bonchev–Trinajstić information content (AvgIpc) is 3.15. The molecule has 2 rings (SSSR count). The highest BCUT2D eigenvalue weighted by Crippen LogP contribution is 2.27. The van der Waals surface area contributed by atoms with Gasteiger partial charge in [-0.1, -0.05) is 11.6 Å². The number of amides is 1. The van der Waals surface area contributed by atoms with Crippen molar-refractivity contribution in [1.82, 2.24) is 5.32 Å². The number of benzene rings is 1. The van der Waals surface area contributed by atoms with Crippen LogP contribution in [0.1, 0.15) is 18.4 Å². The van der Waals surface area contributed by atoms with E-state index in [9.17, 15) is 4.79 Å². The number of nitrogens with one attached hydrogen (secondary N) is 2. The zero-order valence-corrected chi connectivity index (χ0v) is 10.6. The van der Waals surface area contributed by atoms with Crippen LogP contribution in [0.5, 0.6) is 0 Å². The lowest BCUT2D eigenvalue weighted by Gasteiger charge is -2.07. The third-order valence-electron chi connectivity index (χ3n) is 2.79. The molecule has 1 aliphatic rings. The van der Waals surface area contributed by atoms with E-state index in [0.29, 0.717) is 22.8 Å². The van der Waals surface area contributed by atoms with Crippen molar-refractivity contribution in [2.45, 2.75) is 12.8 Å². The van der Waals surface area contributed by atoms with Crippen molar-refractivity contribution in [2.75, 3.05) is 18.4 Å². The Labute approximate surface area is 111 Å². The Morgan fingerprint density at radius 2 is 2.28 bits per heavy atom. The highest BCUT2D eigenvalue weighted by molar-refractivity contribution is 6.31. The molecule has 0 unspecified atom stereocenters. The third kappa shape index (κ3) is 3.73. The molecular formula is C13H14ClN3O.